The average molecular weight is 397 g/mol. The molecular formula is C18H13BrN4S. The molecule has 0 saturated heterocycles. The molecule has 0 aliphatic rings. The number of anilines is 1. The summed E-state index contributed by atoms with van der Waals surface area (Å²) in [5, 5.41) is 2.85. The summed E-state index contributed by atoms with van der Waals surface area (Å²) in [7, 11) is 0. The summed E-state index contributed by atoms with van der Waals surface area (Å²) >= 11 is 5.15. The van der Waals surface area contributed by atoms with Crippen molar-refractivity contribution in [3.63, 3.8) is 0 Å². The highest BCUT2D eigenvalue weighted by molar-refractivity contribution is 9.10. The first-order chi connectivity index (χ1) is 11.7. The van der Waals surface area contributed by atoms with E-state index >= 15 is 0 Å². The minimum absolute atomic E-state index is 0.460. The largest absolute Gasteiger partial charge is 0.383 e. The Morgan fingerprint density at radius 3 is 2.67 bits per heavy atom. The van der Waals surface area contributed by atoms with Crippen molar-refractivity contribution in [1.29, 1.82) is 0 Å². The lowest BCUT2D eigenvalue weighted by atomic mass is 10.0. The molecule has 4 rings (SSSR count). The first-order valence-electron chi connectivity index (χ1n) is 7.39. The molecule has 0 aliphatic heterocycles. The minimum Gasteiger partial charge on any atom is -0.383 e. The zero-order valence-corrected chi connectivity index (χ0v) is 15.0. The Bertz CT molecular complexity index is 998. The summed E-state index contributed by atoms with van der Waals surface area (Å²) in [5.74, 6) is 0.460. The molecule has 0 bridgehead atoms. The second-order valence-electron chi connectivity index (χ2n) is 5.41. The normalized spacial score (nSPS) is 11.0. The number of nitrogen functional groups attached to an aromatic ring is 1. The summed E-state index contributed by atoms with van der Waals surface area (Å²) in [6.07, 6.45) is 2.23. The van der Waals surface area contributed by atoms with Gasteiger partial charge in [0.1, 0.15) is 12.1 Å². The second-order valence-corrected chi connectivity index (χ2v) is 7.27. The van der Waals surface area contributed by atoms with Gasteiger partial charge in [-0.2, -0.15) is 0 Å². The van der Waals surface area contributed by atoms with Crippen LogP contribution in [0.5, 0.6) is 0 Å². The lowest BCUT2D eigenvalue weighted by molar-refractivity contribution is 1.14. The molecule has 4 aromatic rings. The molecule has 0 unspecified atom stereocenters. The number of pyridine rings is 1. The number of rotatable bonds is 3. The van der Waals surface area contributed by atoms with E-state index in [9.17, 15) is 0 Å². The van der Waals surface area contributed by atoms with Crippen LogP contribution in [0, 0.1) is 0 Å². The minimum atomic E-state index is 0.460. The number of benzene rings is 1. The number of halogens is 1. The molecule has 0 radical (unpaired) electrons. The van der Waals surface area contributed by atoms with E-state index in [0.717, 1.165) is 32.4 Å². The van der Waals surface area contributed by atoms with Crippen molar-refractivity contribution in [3.8, 4) is 10.6 Å². The van der Waals surface area contributed by atoms with E-state index < -0.39 is 0 Å². The molecule has 3 aromatic heterocycles. The van der Waals surface area contributed by atoms with Crippen molar-refractivity contribution in [2.24, 2.45) is 0 Å². The fourth-order valence-electron chi connectivity index (χ4n) is 2.63. The Morgan fingerprint density at radius 1 is 1.08 bits per heavy atom. The zero-order valence-electron chi connectivity index (χ0n) is 12.6. The number of nitrogens with zero attached hydrogens (tertiary/aromatic N) is 3. The molecule has 6 heteroatoms. The highest BCUT2D eigenvalue weighted by Crippen LogP contribution is 2.31. The first-order valence-corrected chi connectivity index (χ1v) is 9.06. The van der Waals surface area contributed by atoms with Crippen LogP contribution in [0.4, 0.5) is 5.82 Å². The van der Waals surface area contributed by atoms with E-state index in [1.54, 1.807) is 11.3 Å². The maximum Gasteiger partial charge on any atom is 0.165 e. The zero-order chi connectivity index (χ0) is 16.5. The van der Waals surface area contributed by atoms with Crippen LogP contribution >= 0.6 is 27.3 Å². The second kappa shape index (κ2) is 6.30. The third-order valence-corrected chi connectivity index (χ3v) is 5.20. The summed E-state index contributed by atoms with van der Waals surface area (Å²) in [5.41, 5.74) is 9.93. The third-order valence-electron chi connectivity index (χ3n) is 3.80. The number of aromatic nitrogens is 3. The lowest BCUT2D eigenvalue weighted by Gasteiger charge is -2.10. The smallest absolute Gasteiger partial charge is 0.165 e. The predicted molar refractivity (Wildman–Crippen MR) is 102 cm³/mol. The van der Waals surface area contributed by atoms with Crippen LogP contribution in [0.2, 0.25) is 0 Å². The number of hydrogen-bond acceptors (Lipinski definition) is 5. The predicted octanol–water partition coefficient (Wildman–Crippen LogP) is 4.69. The van der Waals surface area contributed by atoms with Crippen molar-refractivity contribution in [3.05, 3.63) is 69.8 Å². The highest BCUT2D eigenvalue weighted by atomic mass is 79.9. The van der Waals surface area contributed by atoms with Gasteiger partial charge in [-0.25, -0.2) is 15.0 Å². The van der Waals surface area contributed by atoms with Gasteiger partial charge in [-0.15, -0.1) is 11.3 Å². The molecule has 3 heterocycles. The maximum atomic E-state index is 6.01. The van der Waals surface area contributed by atoms with E-state index in [2.05, 4.69) is 55.5 Å². The van der Waals surface area contributed by atoms with Crippen LogP contribution in [-0.4, -0.2) is 15.0 Å². The molecule has 118 valence electrons. The van der Waals surface area contributed by atoms with Crippen LogP contribution in [0.25, 0.3) is 21.6 Å². The summed E-state index contributed by atoms with van der Waals surface area (Å²) in [4.78, 5) is 14.2. The van der Waals surface area contributed by atoms with Gasteiger partial charge >= 0.3 is 0 Å². The van der Waals surface area contributed by atoms with Crippen molar-refractivity contribution in [1.82, 2.24) is 15.0 Å². The molecule has 0 aliphatic carbocycles. The van der Waals surface area contributed by atoms with Gasteiger partial charge in [-0.1, -0.05) is 34.1 Å². The molecule has 2 N–H and O–H groups in total. The van der Waals surface area contributed by atoms with Crippen molar-refractivity contribution in [2.75, 3.05) is 5.73 Å². The maximum absolute atomic E-state index is 6.01. The summed E-state index contributed by atoms with van der Waals surface area (Å²) in [6.45, 7) is 0. The van der Waals surface area contributed by atoms with Crippen LogP contribution in [-0.2, 0) is 6.42 Å². The Kier molecular flexibility index (Phi) is 4.00. The molecule has 24 heavy (non-hydrogen) atoms. The van der Waals surface area contributed by atoms with Crippen LogP contribution < -0.4 is 5.73 Å². The van der Waals surface area contributed by atoms with Crippen LogP contribution in [0.3, 0.4) is 0 Å². The van der Waals surface area contributed by atoms with E-state index in [4.69, 9.17) is 10.7 Å². The van der Waals surface area contributed by atoms with Gasteiger partial charge in [0.2, 0.25) is 0 Å². The van der Waals surface area contributed by atoms with Gasteiger partial charge in [0.15, 0.2) is 5.65 Å². The molecule has 0 saturated carbocycles. The van der Waals surface area contributed by atoms with Gasteiger partial charge in [0.25, 0.3) is 0 Å². The van der Waals surface area contributed by atoms with Crippen molar-refractivity contribution < 1.29 is 0 Å². The molecule has 0 spiro atoms. The fourth-order valence-corrected chi connectivity index (χ4v) is 3.64. The quantitative estimate of drug-likeness (QED) is 0.545. The summed E-state index contributed by atoms with van der Waals surface area (Å²) in [6, 6.07) is 14.5. The lowest BCUT2D eigenvalue weighted by Crippen LogP contribution is -2.00. The van der Waals surface area contributed by atoms with E-state index in [1.165, 1.54) is 11.9 Å². The standard InChI is InChI=1S/C18H13BrN4S/c19-13-5-3-11(4-6-13)8-12-9-14-17(20)21-10-22-18(14)23-16(12)15-2-1-7-24-15/h1-7,9-10H,8H2,(H2,20,21,22,23). The Balaban J connectivity index is 1.89. The third kappa shape index (κ3) is 2.90. The van der Waals surface area contributed by atoms with E-state index in [1.807, 2.05) is 18.2 Å². The van der Waals surface area contributed by atoms with Crippen molar-refractivity contribution in [2.45, 2.75) is 6.42 Å². The SMILES string of the molecule is Nc1ncnc2nc(-c3cccs3)c(Cc3ccc(Br)cc3)cc12. The van der Waals surface area contributed by atoms with E-state index in [-0.39, 0.29) is 0 Å². The van der Waals surface area contributed by atoms with Crippen LogP contribution in [0.1, 0.15) is 11.1 Å². The van der Waals surface area contributed by atoms with Crippen molar-refractivity contribution >= 4 is 44.1 Å². The summed E-state index contributed by atoms with van der Waals surface area (Å²) < 4.78 is 1.07. The molecule has 0 amide bonds. The van der Waals surface area contributed by atoms with Gasteiger partial charge in [-0.05, 0) is 47.2 Å². The van der Waals surface area contributed by atoms with Gasteiger partial charge < -0.3 is 5.73 Å². The van der Waals surface area contributed by atoms with E-state index in [0.29, 0.717) is 11.5 Å². The Hall–Kier alpha value is -2.31. The molecule has 1 aromatic carbocycles. The fraction of sp³-hybridized carbons (Fsp3) is 0.0556. The number of thiophene rings is 1. The highest BCUT2D eigenvalue weighted by Gasteiger charge is 2.13. The average Bonchev–Trinajstić information content (AvgIpc) is 3.11. The Morgan fingerprint density at radius 2 is 1.92 bits per heavy atom. The number of fused-ring (bicyclic) bond motifs is 1. The molecule has 4 nitrogen and oxygen atoms in total. The number of nitrogens with two attached hydrogens (primary N) is 1. The first kappa shape index (κ1) is 15.2. The molecule has 0 fully saturated rings. The van der Waals surface area contributed by atoms with Gasteiger partial charge in [0.05, 0.1) is 16.0 Å². The topological polar surface area (TPSA) is 64.7 Å². The molecular weight excluding hydrogens is 384 g/mol. The Labute approximate surface area is 151 Å². The van der Waals surface area contributed by atoms with Gasteiger partial charge in [0, 0.05) is 4.47 Å². The van der Waals surface area contributed by atoms with Crippen LogP contribution in [0.15, 0.2) is 58.6 Å². The molecule has 0 atom stereocenters. The monoisotopic (exact) mass is 396 g/mol. The van der Waals surface area contributed by atoms with Gasteiger partial charge in [-0.3, -0.25) is 0 Å². The number of hydrogen-bond donors (Lipinski definition) is 1.